The number of aryl methyl sites for hydroxylation is 2. The molecule has 4 heteroatoms. The minimum Gasteiger partial charge on any atom is -0.466 e. The first kappa shape index (κ1) is 10.9. The van der Waals surface area contributed by atoms with E-state index in [2.05, 4.69) is 5.32 Å². The van der Waals surface area contributed by atoms with E-state index in [0.29, 0.717) is 0 Å². The molecule has 2 rings (SSSR count). The summed E-state index contributed by atoms with van der Waals surface area (Å²) in [6.07, 6.45) is 0.281. The van der Waals surface area contributed by atoms with Crippen molar-refractivity contribution in [1.82, 2.24) is 5.32 Å². The van der Waals surface area contributed by atoms with Crippen LogP contribution >= 0.6 is 0 Å². The largest absolute Gasteiger partial charge is 0.466 e. The van der Waals surface area contributed by atoms with Crippen LogP contribution in [-0.4, -0.2) is 11.8 Å². The quantitative estimate of drug-likeness (QED) is 0.773. The van der Waals surface area contributed by atoms with Gasteiger partial charge in [-0.25, -0.2) is 0 Å². The van der Waals surface area contributed by atoms with Gasteiger partial charge in [-0.05, 0) is 31.4 Å². The van der Waals surface area contributed by atoms with Gasteiger partial charge in [-0.3, -0.25) is 14.9 Å². The Labute approximate surface area is 94.0 Å². The van der Waals surface area contributed by atoms with Gasteiger partial charge < -0.3 is 4.42 Å². The van der Waals surface area contributed by atoms with Crippen LogP contribution in [0.4, 0.5) is 0 Å². The van der Waals surface area contributed by atoms with E-state index in [0.717, 1.165) is 17.1 Å². The van der Waals surface area contributed by atoms with Crippen LogP contribution in [0.25, 0.3) is 0 Å². The van der Waals surface area contributed by atoms with E-state index in [1.54, 1.807) is 0 Å². The van der Waals surface area contributed by atoms with Gasteiger partial charge >= 0.3 is 0 Å². The normalized spacial score (nSPS) is 22.3. The molecule has 2 atom stereocenters. The molecular weight excluding hydrogens is 206 g/mol. The average Bonchev–Trinajstić information content (AvgIpc) is 2.68. The first-order valence-electron chi connectivity index (χ1n) is 5.39. The number of hydrogen-bond acceptors (Lipinski definition) is 3. The van der Waals surface area contributed by atoms with Crippen LogP contribution in [0.15, 0.2) is 10.5 Å². The van der Waals surface area contributed by atoms with Crippen LogP contribution in [-0.2, 0) is 9.59 Å². The van der Waals surface area contributed by atoms with Crippen molar-refractivity contribution in [2.45, 2.75) is 33.1 Å². The second-order valence-corrected chi connectivity index (χ2v) is 4.38. The first-order chi connectivity index (χ1) is 7.49. The number of carbonyl (C=O) groups is 2. The Morgan fingerprint density at radius 1 is 1.44 bits per heavy atom. The maximum Gasteiger partial charge on any atom is 0.230 e. The maximum absolute atomic E-state index is 11.6. The summed E-state index contributed by atoms with van der Waals surface area (Å²) in [5.41, 5.74) is 1.02. The zero-order chi connectivity index (χ0) is 11.9. The topological polar surface area (TPSA) is 59.3 Å². The van der Waals surface area contributed by atoms with E-state index >= 15 is 0 Å². The Hall–Kier alpha value is -1.58. The summed E-state index contributed by atoms with van der Waals surface area (Å²) < 4.78 is 5.44. The summed E-state index contributed by atoms with van der Waals surface area (Å²) in [5, 5.41) is 2.34. The molecule has 0 spiro atoms. The van der Waals surface area contributed by atoms with Crippen molar-refractivity contribution in [3.05, 3.63) is 23.2 Å². The maximum atomic E-state index is 11.6. The second kappa shape index (κ2) is 3.77. The van der Waals surface area contributed by atoms with Gasteiger partial charge in [0.2, 0.25) is 11.8 Å². The molecular formula is C12H15NO3. The zero-order valence-corrected chi connectivity index (χ0v) is 9.66. The lowest BCUT2D eigenvalue weighted by Gasteiger charge is -2.14. The fourth-order valence-electron chi connectivity index (χ4n) is 2.30. The molecule has 1 aliphatic heterocycles. The molecule has 0 radical (unpaired) electrons. The molecule has 86 valence electrons. The van der Waals surface area contributed by atoms with Gasteiger partial charge in [0.15, 0.2) is 0 Å². The third-order valence-corrected chi connectivity index (χ3v) is 3.18. The zero-order valence-electron chi connectivity index (χ0n) is 9.66. The Morgan fingerprint density at radius 3 is 2.56 bits per heavy atom. The van der Waals surface area contributed by atoms with Crippen LogP contribution in [0.5, 0.6) is 0 Å². The summed E-state index contributed by atoms with van der Waals surface area (Å²) in [6.45, 7) is 5.72. The standard InChI is InChI=1S/C12H15NO3/c1-6-4-9(8(3)16-6)7(2)10-5-11(14)13-12(10)15/h4,7,10H,5H2,1-3H3,(H,13,14,15). The minimum absolute atomic E-state index is 0.0175. The number of rotatable bonds is 2. The SMILES string of the molecule is Cc1cc(C(C)C2CC(=O)NC2=O)c(C)o1. The van der Waals surface area contributed by atoms with Crippen LogP contribution in [0.1, 0.15) is 36.3 Å². The van der Waals surface area contributed by atoms with Crippen LogP contribution in [0.2, 0.25) is 0 Å². The predicted molar refractivity (Wildman–Crippen MR) is 57.9 cm³/mol. The van der Waals surface area contributed by atoms with Gasteiger partial charge in [0.05, 0.1) is 5.92 Å². The van der Waals surface area contributed by atoms with Gasteiger partial charge in [0.1, 0.15) is 11.5 Å². The fourth-order valence-corrected chi connectivity index (χ4v) is 2.30. The first-order valence-corrected chi connectivity index (χ1v) is 5.39. The molecule has 2 amide bonds. The molecule has 1 fully saturated rings. The van der Waals surface area contributed by atoms with Crippen molar-refractivity contribution < 1.29 is 14.0 Å². The second-order valence-electron chi connectivity index (χ2n) is 4.38. The summed E-state index contributed by atoms with van der Waals surface area (Å²) in [6, 6.07) is 1.94. The summed E-state index contributed by atoms with van der Waals surface area (Å²) in [4.78, 5) is 22.7. The Kier molecular flexibility index (Phi) is 2.58. The van der Waals surface area contributed by atoms with E-state index in [1.807, 2.05) is 26.8 Å². The summed E-state index contributed by atoms with van der Waals surface area (Å²) in [5.74, 6) is 1.07. The number of carbonyl (C=O) groups excluding carboxylic acids is 2. The summed E-state index contributed by atoms with van der Waals surface area (Å²) >= 11 is 0. The molecule has 16 heavy (non-hydrogen) atoms. The lowest BCUT2D eigenvalue weighted by Crippen LogP contribution is -2.24. The smallest absolute Gasteiger partial charge is 0.230 e. The molecule has 1 aromatic rings. The van der Waals surface area contributed by atoms with Gasteiger partial charge in [-0.1, -0.05) is 6.92 Å². The van der Waals surface area contributed by atoms with E-state index in [1.165, 1.54) is 0 Å². The number of hydrogen-bond donors (Lipinski definition) is 1. The van der Waals surface area contributed by atoms with E-state index < -0.39 is 0 Å². The van der Waals surface area contributed by atoms with E-state index in [9.17, 15) is 9.59 Å². The molecule has 2 unspecified atom stereocenters. The van der Waals surface area contributed by atoms with Gasteiger partial charge in [0, 0.05) is 6.42 Å². The molecule has 1 N–H and O–H groups in total. The lowest BCUT2D eigenvalue weighted by atomic mass is 9.86. The third-order valence-electron chi connectivity index (χ3n) is 3.18. The number of nitrogens with one attached hydrogen (secondary N) is 1. The highest BCUT2D eigenvalue weighted by Crippen LogP contribution is 2.33. The minimum atomic E-state index is -0.261. The average molecular weight is 221 g/mol. The molecule has 0 saturated carbocycles. The Balaban J connectivity index is 2.25. The number of furan rings is 1. The van der Waals surface area contributed by atoms with E-state index in [4.69, 9.17) is 4.42 Å². The molecule has 0 aliphatic carbocycles. The molecule has 2 heterocycles. The van der Waals surface area contributed by atoms with Gasteiger partial charge in [-0.15, -0.1) is 0 Å². The van der Waals surface area contributed by atoms with Crippen molar-refractivity contribution >= 4 is 11.8 Å². The molecule has 1 saturated heterocycles. The molecule has 0 bridgehead atoms. The Morgan fingerprint density at radius 2 is 2.12 bits per heavy atom. The van der Waals surface area contributed by atoms with Crippen molar-refractivity contribution in [1.29, 1.82) is 0 Å². The van der Waals surface area contributed by atoms with Crippen LogP contribution < -0.4 is 5.32 Å². The monoisotopic (exact) mass is 221 g/mol. The Bertz CT molecular complexity index is 447. The van der Waals surface area contributed by atoms with Crippen molar-refractivity contribution in [2.75, 3.05) is 0 Å². The van der Waals surface area contributed by atoms with Gasteiger partial charge in [-0.2, -0.15) is 0 Å². The van der Waals surface area contributed by atoms with Crippen LogP contribution in [0, 0.1) is 19.8 Å². The molecule has 1 aromatic heterocycles. The van der Waals surface area contributed by atoms with Crippen molar-refractivity contribution in [3.63, 3.8) is 0 Å². The van der Waals surface area contributed by atoms with E-state index in [-0.39, 0.29) is 30.1 Å². The number of imide groups is 1. The molecule has 1 aliphatic rings. The highest BCUT2D eigenvalue weighted by atomic mass is 16.3. The highest BCUT2D eigenvalue weighted by molar-refractivity contribution is 6.03. The van der Waals surface area contributed by atoms with Crippen molar-refractivity contribution in [2.24, 2.45) is 5.92 Å². The summed E-state index contributed by atoms with van der Waals surface area (Å²) in [7, 11) is 0. The van der Waals surface area contributed by atoms with Crippen LogP contribution in [0.3, 0.4) is 0 Å². The lowest BCUT2D eigenvalue weighted by molar-refractivity contribution is -0.126. The molecule has 4 nitrogen and oxygen atoms in total. The highest BCUT2D eigenvalue weighted by Gasteiger charge is 2.36. The molecule has 0 aromatic carbocycles. The third kappa shape index (κ3) is 1.75. The van der Waals surface area contributed by atoms with Crippen molar-refractivity contribution in [3.8, 4) is 0 Å². The van der Waals surface area contributed by atoms with Gasteiger partial charge in [0.25, 0.3) is 0 Å². The number of amides is 2. The fraction of sp³-hybridized carbons (Fsp3) is 0.500. The predicted octanol–water partition coefficient (Wildman–Crippen LogP) is 1.66.